The van der Waals surface area contributed by atoms with Crippen molar-refractivity contribution in [2.24, 2.45) is 5.92 Å². The molecule has 0 unspecified atom stereocenters. The van der Waals surface area contributed by atoms with Crippen LogP contribution < -0.4 is 10.1 Å². The van der Waals surface area contributed by atoms with Gasteiger partial charge < -0.3 is 24.8 Å². The number of nitrogens with zero attached hydrogens (tertiary/aromatic N) is 3. The SMILES string of the molecule is C[C@@H]1CN([C@H](C)CO)C(=O)c2cc(NC(=O)CCN3CCOCC3)ccc2O[C@H]1CN(C)Cc1ccc(Cl)c(Cl)c1. The van der Waals surface area contributed by atoms with Crippen molar-refractivity contribution in [2.45, 2.75) is 39.0 Å². The second-order valence-electron chi connectivity index (χ2n) is 11.0. The van der Waals surface area contributed by atoms with E-state index in [2.05, 4.69) is 22.0 Å². The lowest BCUT2D eigenvalue weighted by molar-refractivity contribution is -0.116. The molecule has 3 atom stereocenters. The third-order valence-corrected chi connectivity index (χ3v) is 8.37. The van der Waals surface area contributed by atoms with Gasteiger partial charge in [0, 0.05) is 57.3 Å². The number of aliphatic hydroxyl groups excluding tert-OH is 1. The molecule has 1 fully saturated rings. The summed E-state index contributed by atoms with van der Waals surface area (Å²) in [5.41, 5.74) is 1.92. The average molecular weight is 608 g/mol. The molecule has 0 spiro atoms. The largest absolute Gasteiger partial charge is 0.488 e. The minimum Gasteiger partial charge on any atom is -0.488 e. The molecule has 224 valence electrons. The first-order valence-electron chi connectivity index (χ1n) is 14.1. The number of morpholine rings is 1. The van der Waals surface area contributed by atoms with Gasteiger partial charge in [-0.1, -0.05) is 36.2 Å². The minimum atomic E-state index is -0.378. The third kappa shape index (κ3) is 8.56. The first-order chi connectivity index (χ1) is 19.6. The van der Waals surface area contributed by atoms with Gasteiger partial charge in [0.25, 0.3) is 5.91 Å². The normalized spacial score (nSPS) is 20.7. The lowest BCUT2D eigenvalue weighted by atomic mass is 9.99. The molecular formula is C30H40Cl2N4O5. The molecule has 4 rings (SSSR count). The van der Waals surface area contributed by atoms with Crippen molar-refractivity contribution in [3.05, 3.63) is 57.6 Å². The summed E-state index contributed by atoms with van der Waals surface area (Å²) in [6, 6.07) is 10.4. The first-order valence-corrected chi connectivity index (χ1v) is 14.8. The van der Waals surface area contributed by atoms with E-state index in [4.69, 9.17) is 32.7 Å². The zero-order valence-corrected chi connectivity index (χ0v) is 25.5. The van der Waals surface area contributed by atoms with Crippen LogP contribution in [0.1, 0.15) is 36.2 Å². The highest BCUT2D eigenvalue weighted by molar-refractivity contribution is 6.42. The third-order valence-electron chi connectivity index (χ3n) is 7.64. The molecule has 41 heavy (non-hydrogen) atoms. The molecule has 2 aromatic carbocycles. The molecule has 11 heteroatoms. The maximum absolute atomic E-state index is 13.7. The van der Waals surface area contributed by atoms with Crippen molar-refractivity contribution in [1.29, 1.82) is 0 Å². The highest BCUT2D eigenvalue weighted by atomic mass is 35.5. The maximum atomic E-state index is 13.7. The number of hydrogen-bond donors (Lipinski definition) is 2. The number of carbonyl (C=O) groups is 2. The zero-order valence-electron chi connectivity index (χ0n) is 23.9. The van der Waals surface area contributed by atoms with Gasteiger partial charge in [-0.25, -0.2) is 0 Å². The minimum absolute atomic E-state index is 0.0167. The van der Waals surface area contributed by atoms with E-state index in [-0.39, 0.29) is 36.5 Å². The zero-order chi connectivity index (χ0) is 29.5. The van der Waals surface area contributed by atoms with Gasteiger partial charge in [-0.15, -0.1) is 0 Å². The molecule has 0 saturated carbocycles. The Morgan fingerprint density at radius 2 is 1.93 bits per heavy atom. The molecule has 0 aromatic heterocycles. The second-order valence-corrected chi connectivity index (χ2v) is 11.8. The smallest absolute Gasteiger partial charge is 0.258 e. The van der Waals surface area contributed by atoms with Gasteiger partial charge in [0.1, 0.15) is 11.9 Å². The van der Waals surface area contributed by atoms with Gasteiger partial charge in [0.05, 0.1) is 41.5 Å². The van der Waals surface area contributed by atoms with Crippen LogP contribution >= 0.6 is 23.2 Å². The van der Waals surface area contributed by atoms with Crippen LogP contribution in [0.3, 0.4) is 0 Å². The van der Waals surface area contributed by atoms with Crippen LogP contribution in [-0.4, -0.2) is 103 Å². The number of fused-ring (bicyclic) bond motifs is 1. The quantitative estimate of drug-likeness (QED) is 0.422. The number of benzene rings is 2. The van der Waals surface area contributed by atoms with Crippen molar-refractivity contribution < 1.29 is 24.2 Å². The van der Waals surface area contributed by atoms with Crippen molar-refractivity contribution >= 4 is 40.7 Å². The van der Waals surface area contributed by atoms with Crippen LogP contribution in [0.2, 0.25) is 10.0 Å². The molecule has 2 N–H and O–H groups in total. The average Bonchev–Trinajstić information content (AvgIpc) is 2.96. The van der Waals surface area contributed by atoms with Gasteiger partial charge in [0.2, 0.25) is 5.91 Å². The predicted octanol–water partition coefficient (Wildman–Crippen LogP) is 4.01. The Labute approximate surface area is 252 Å². The maximum Gasteiger partial charge on any atom is 0.258 e. The van der Waals surface area contributed by atoms with Crippen LogP contribution in [-0.2, 0) is 16.1 Å². The summed E-state index contributed by atoms with van der Waals surface area (Å²) < 4.78 is 11.9. The summed E-state index contributed by atoms with van der Waals surface area (Å²) in [5.74, 6) is 0.0833. The van der Waals surface area contributed by atoms with Gasteiger partial charge >= 0.3 is 0 Å². The number of hydrogen-bond acceptors (Lipinski definition) is 7. The summed E-state index contributed by atoms with van der Waals surface area (Å²) in [6.07, 6.45) is 0.108. The van der Waals surface area contributed by atoms with Gasteiger partial charge in [-0.05, 0) is 49.9 Å². The van der Waals surface area contributed by atoms with Crippen molar-refractivity contribution in [3.63, 3.8) is 0 Å². The van der Waals surface area contributed by atoms with E-state index in [1.807, 2.05) is 26.1 Å². The number of rotatable bonds is 10. The molecule has 2 aliphatic heterocycles. The van der Waals surface area contributed by atoms with E-state index >= 15 is 0 Å². The molecule has 1 saturated heterocycles. The second kappa shape index (κ2) is 14.7. The molecule has 0 bridgehead atoms. The molecule has 2 heterocycles. The number of nitrogens with one attached hydrogen (secondary N) is 1. The number of likely N-dealkylation sites (N-methyl/N-ethyl adjacent to an activating group) is 1. The Hall–Kier alpha value is -2.40. The van der Waals surface area contributed by atoms with Crippen molar-refractivity contribution in [2.75, 3.05) is 64.9 Å². The van der Waals surface area contributed by atoms with Gasteiger partial charge in [-0.2, -0.15) is 0 Å². The monoisotopic (exact) mass is 606 g/mol. The lowest BCUT2D eigenvalue weighted by Crippen LogP contribution is -2.49. The molecular weight excluding hydrogens is 567 g/mol. The standard InChI is InChI=1S/C30H40Cl2N4O5/c1-20-16-36(21(2)19-37)30(39)24-15-23(33-29(38)8-9-35-10-12-40-13-11-35)5-7-27(24)41-28(20)18-34(3)17-22-4-6-25(31)26(32)14-22/h4-7,14-15,20-21,28,37H,8-13,16-19H2,1-3H3,(H,33,38)/t20-,21-,28+/m1/s1. The molecule has 2 aliphatic rings. The molecule has 2 aromatic rings. The van der Waals surface area contributed by atoms with Gasteiger partial charge in [0.15, 0.2) is 0 Å². The number of carbonyl (C=O) groups excluding carboxylic acids is 2. The lowest BCUT2D eigenvalue weighted by Gasteiger charge is -2.38. The summed E-state index contributed by atoms with van der Waals surface area (Å²) in [7, 11) is 2.01. The van der Waals surface area contributed by atoms with Crippen LogP contribution in [0.25, 0.3) is 0 Å². The Bertz CT molecular complexity index is 1210. The fourth-order valence-corrected chi connectivity index (χ4v) is 5.47. The van der Waals surface area contributed by atoms with E-state index in [1.54, 1.807) is 29.2 Å². The predicted molar refractivity (Wildman–Crippen MR) is 161 cm³/mol. The fourth-order valence-electron chi connectivity index (χ4n) is 5.15. The van der Waals surface area contributed by atoms with Crippen molar-refractivity contribution in [3.8, 4) is 5.75 Å². The van der Waals surface area contributed by atoms with E-state index < -0.39 is 0 Å². The Kier molecular flexibility index (Phi) is 11.3. The van der Waals surface area contributed by atoms with Crippen LogP contribution in [0.4, 0.5) is 5.69 Å². The summed E-state index contributed by atoms with van der Waals surface area (Å²) >= 11 is 12.3. The summed E-state index contributed by atoms with van der Waals surface area (Å²) in [6.45, 7) is 9.03. The summed E-state index contributed by atoms with van der Waals surface area (Å²) in [5, 5.41) is 13.9. The first kappa shape index (κ1) is 31.5. The fraction of sp³-hybridized carbons (Fsp3) is 0.533. The van der Waals surface area contributed by atoms with E-state index in [1.165, 1.54) is 0 Å². The topological polar surface area (TPSA) is 94.6 Å². The van der Waals surface area contributed by atoms with E-state index in [9.17, 15) is 14.7 Å². The number of ether oxygens (including phenoxy) is 2. The number of aliphatic hydroxyl groups is 1. The molecule has 0 aliphatic carbocycles. The molecule has 0 radical (unpaired) electrons. The Morgan fingerprint density at radius 1 is 1.17 bits per heavy atom. The molecule has 9 nitrogen and oxygen atoms in total. The Morgan fingerprint density at radius 3 is 2.63 bits per heavy atom. The number of halogens is 2. The molecule has 2 amide bonds. The van der Waals surface area contributed by atoms with Crippen LogP contribution in [0.5, 0.6) is 5.75 Å². The van der Waals surface area contributed by atoms with E-state index in [0.717, 1.165) is 18.7 Å². The number of amides is 2. The highest BCUT2D eigenvalue weighted by Gasteiger charge is 2.33. The number of anilines is 1. The van der Waals surface area contributed by atoms with Gasteiger partial charge in [-0.3, -0.25) is 19.4 Å². The van der Waals surface area contributed by atoms with Crippen LogP contribution in [0, 0.1) is 5.92 Å². The van der Waals surface area contributed by atoms with Crippen molar-refractivity contribution in [1.82, 2.24) is 14.7 Å². The highest BCUT2D eigenvalue weighted by Crippen LogP contribution is 2.31. The summed E-state index contributed by atoms with van der Waals surface area (Å²) in [4.78, 5) is 32.5. The van der Waals surface area contributed by atoms with E-state index in [0.29, 0.717) is 72.9 Å². The Balaban J connectivity index is 1.50. The van der Waals surface area contributed by atoms with Crippen LogP contribution in [0.15, 0.2) is 36.4 Å².